The van der Waals surface area contributed by atoms with E-state index in [9.17, 15) is 9.90 Å². The Morgan fingerprint density at radius 3 is 1.68 bits per heavy atom. The number of benzene rings is 4. The highest BCUT2D eigenvalue weighted by molar-refractivity contribution is 6.20. The van der Waals surface area contributed by atoms with Gasteiger partial charge in [-0.25, -0.2) is 0 Å². The molecule has 3 saturated carbocycles. The van der Waals surface area contributed by atoms with E-state index in [0.29, 0.717) is 35.3 Å². The molecule has 306 valence electrons. The number of nitrogens with one attached hydrogen (secondary N) is 3. The highest BCUT2D eigenvalue weighted by Crippen LogP contribution is 2.54. The van der Waals surface area contributed by atoms with Gasteiger partial charge in [0.1, 0.15) is 11.4 Å². The quantitative estimate of drug-likeness (QED) is 0.127. The largest absolute Gasteiger partial charge is 0.507 e. The lowest BCUT2D eigenvalue weighted by Gasteiger charge is -2.59. The van der Waals surface area contributed by atoms with Crippen LogP contribution in [0.3, 0.4) is 0 Å². The molecule has 11 rings (SSSR count). The van der Waals surface area contributed by atoms with Crippen molar-refractivity contribution in [2.45, 2.75) is 107 Å². The standard InChI is InChI=1S/C54H58N4O2/c59-51-49(41-27-29-45-47-39(41)23-13-25-43(47)55-53(57-45,31-35-15-5-1-6-16-35)32-36-17-7-2-8-18-36)52(60)50(51)42-28-30-46-48-40(42)24-14-26-44(48)56-54(58-46,33-37-19-9-3-10-20-37)34-38-21-11-4-12-22-38/h1-12,15-22,27,29,39-40,42-44,46-48,55-56,58-59H,13-14,23-26,28,30-34H2/b49-41+. The normalized spacial score (nSPS) is 32.3. The van der Waals surface area contributed by atoms with Gasteiger partial charge in [0.2, 0.25) is 0 Å². The van der Waals surface area contributed by atoms with Gasteiger partial charge in [0.05, 0.1) is 11.2 Å². The van der Waals surface area contributed by atoms with Crippen molar-refractivity contribution in [3.63, 3.8) is 0 Å². The fourth-order valence-electron chi connectivity index (χ4n) is 13.4. The SMILES string of the molecule is O=C1C(C2CCC3NC(Cc4ccccc4)(Cc4ccccc4)NC4CCCC2C43)=C(O)/C1=C1/C=CC2=NC(Cc3ccccc3)(Cc3ccccc3)NC3CCCC1C23. The molecule has 2 aliphatic heterocycles. The van der Waals surface area contributed by atoms with Gasteiger partial charge in [0, 0.05) is 61.0 Å². The van der Waals surface area contributed by atoms with Crippen LogP contribution in [0.25, 0.3) is 0 Å². The van der Waals surface area contributed by atoms with Crippen LogP contribution in [-0.4, -0.2) is 46.1 Å². The van der Waals surface area contributed by atoms with Gasteiger partial charge in [-0.05, 0) is 96.1 Å². The summed E-state index contributed by atoms with van der Waals surface area (Å²) in [5, 5.41) is 24.8. The third-order valence-electron chi connectivity index (χ3n) is 15.6. The maximum absolute atomic E-state index is 14.6. The molecule has 1 saturated heterocycles. The van der Waals surface area contributed by atoms with Crippen LogP contribution in [0.5, 0.6) is 0 Å². The van der Waals surface area contributed by atoms with Crippen LogP contribution < -0.4 is 16.0 Å². The van der Waals surface area contributed by atoms with Crippen molar-refractivity contribution in [3.8, 4) is 0 Å². The molecule has 8 atom stereocenters. The molecule has 8 unspecified atom stereocenters. The maximum atomic E-state index is 14.6. The number of nitrogens with zero attached hydrogens (tertiary/aromatic N) is 1. The second kappa shape index (κ2) is 15.5. The first-order valence-corrected chi connectivity index (χ1v) is 22.9. The number of allylic oxidation sites excluding steroid dienone is 5. The van der Waals surface area contributed by atoms with Crippen molar-refractivity contribution in [1.29, 1.82) is 0 Å². The average molecular weight is 795 g/mol. The first-order valence-electron chi connectivity index (χ1n) is 22.9. The number of Topliss-reactive ketones (excluding diaryl/α,β-unsaturated/α-hetero) is 1. The summed E-state index contributed by atoms with van der Waals surface area (Å²) in [6, 6.07) is 44.3. The van der Waals surface area contributed by atoms with Crippen molar-refractivity contribution in [1.82, 2.24) is 16.0 Å². The second-order valence-corrected chi connectivity index (χ2v) is 19.2. The summed E-state index contributed by atoms with van der Waals surface area (Å²) >= 11 is 0. The van der Waals surface area contributed by atoms with E-state index in [2.05, 4.69) is 149 Å². The summed E-state index contributed by atoms with van der Waals surface area (Å²) in [4.78, 5) is 20.3. The number of hydrogen-bond acceptors (Lipinski definition) is 6. The molecule has 4 fully saturated rings. The lowest BCUT2D eigenvalue weighted by atomic mass is 9.55. The smallest absolute Gasteiger partial charge is 0.197 e. The predicted octanol–water partition coefficient (Wildman–Crippen LogP) is 9.20. The van der Waals surface area contributed by atoms with E-state index in [4.69, 9.17) is 4.99 Å². The minimum atomic E-state index is -0.458. The monoisotopic (exact) mass is 794 g/mol. The van der Waals surface area contributed by atoms with E-state index >= 15 is 0 Å². The summed E-state index contributed by atoms with van der Waals surface area (Å²) in [6.07, 6.45) is 16.3. The molecule has 60 heavy (non-hydrogen) atoms. The second-order valence-electron chi connectivity index (χ2n) is 19.2. The molecule has 0 aromatic heterocycles. The van der Waals surface area contributed by atoms with Gasteiger partial charge in [-0.1, -0.05) is 140 Å². The Morgan fingerprint density at radius 2 is 1.10 bits per heavy atom. The number of carbonyl (C=O) groups excluding carboxylic acids is 1. The number of ketones is 1. The zero-order valence-corrected chi connectivity index (χ0v) is 34.6. The Morgan fingerprint density at radius 1 is 0.567 bits per heavy atom. The number of aliphatic imine (C=N–C) groups is 1. The number of aliphatic hydroxyl groups is 1. The van der Waals surface area contributed by atoms with E-state index in [1.807, 2.05) is 0 Å². The highest BCUT2D eigenvalue weighted by Gasteiger charge is 2.56. The van der Waals surface area contributed by atoms with Crippen LogP contribution in [0, 0.1) is 29.6 Å². The molecule has 4 aromatic carbocycles. The lowest BCUT2D eigenvalue weighted by molar-refractivity contribution is -0.115. The fraction of sp³-hybridized carbons (Fsp3) is 0.407. The van der Waals surface area contributed by atoms with Crippen molar-refractivity contribution in [2.24, 2.45) is 34.6 Å². The first-order chi connectivity index (χ1) is 29.4. The van der Waals surface area contributed by atoms with Crippen LogP contribution in [-0.2, 0) is 30.5 Å². The van der Waals surface area contributed by atoms with Gasteiger partial charge < -0.3 is 5.11 Å². The summed E-state index contributed by atoms with van der Waals surface area (Å²) < 4.78 is 0. The molecule has 0 bridgehead atoms. The Kier molecular flexibility index (Phi) is 9.86. The van der Waals surface area contributed by atoms with Crippen molar-refractivity contribution >= 4 is 11.5 Å². The molecule has 7 aliphatic rings. The van der Waals surface area contributed by atoms with Crippen molar-refractivity contribution < 1.29 is 9.90 Å². The van der Waals surface area contributed by atoms with E-state index < -0.39 is 5.66 Å². The minimum Gasteiger partial charge on any atom is -0.507 e. The van der Waals surface area contributed by atoms with E-state index in [-0.39, 0.29) is 35.2 Å². The van der Waals surface area contributed by atoms with Crippen LogP contribution in [0.15, 0.2) is 161 Å². The summed E-state index contributed by atoms with van der Waals surface area (Å²) in [6.45, 7) is 0. The Balaban J connectivity index is 0.887. The molecule has 2 heterocycles. The van der Waals surface area contributed by atoms with Gasteiger partial charge in [0.25, 0.3) is 0 Å². The van der Waals surface area contributed by atoms with Gasteiger partial charge in [-0.3, -0.25) is 25.7 Å². The van der Waals surface area contributed by atoms with Crippen LogP contribution in [0.2, 0.25) is 0 Å². The molecule has 6 nitrogen and oxygen atoms in total. The molecule has 5 aliphatic carbocycles. The predicted molar refractivity (Wildman–Crippen MR) is 239 cm³/mol. The maximum Gasteiger partial charge on any atom is 0.197 e. The molecule has 4 N–H and O–H groups in total. The molecule has 0 spiro atoms. The summed E-state index contributed by atoms with van der Waals surface area (Å²) in [5.74, 6) is 1.64. The third kappa shape index (κ3) is 6.85. The molecule has 0 amide bonds. The van der Waals surface area contributed by atoms with Crippen LogP contribution >= 0.6 is 0 Å². The third-order valence-corrected chi connectivity index (χ3v) is 15.6. The Labute approximate surface area is 355 Å². The summed E-state index contributed by atoms with van der Waals surface area (Å²) in [5.41, 5.74) is 8.02. The zero-order chi connectivity index (χ0) is 40.3. The molecular weight excluding hydrogens is 737 g/mol. The van der Waals surface area contributed by atoms with Gasteiger partial charge in [0.15, 0.2) is 5.78 Å². The highest BCUT2D eigenvalue weighted by atomic mass is 16.3. The molecular formula is C54H58N4O2. The van der Waals surface area contributed by atoms with Crippen molar-refractivity contribution in [2.75, 3.05) is 0 Å². The van der Waals surface area contributed by atoms with Crippen LogP contribution in [0.1, 0.15) is 73.6 Å². The molecule has 4 aromatic rings. The topological polar surface area (TPSA) is 85.8 Å². The van der Waals surface area contributed by atoms with Gasteiger partial charge in [-0.15, -0.1) is 0 Å². The molecule has 0 radical (unpaired) electrons. The van der Waals surface area contributed by atoms with E-state index in [1.165, 1.54) is 22.3 Å². The number of aliphatic hydroxyl groups excluding tert-OH is 1. The number of hydrogen-bond donors (Lipinski definition) is 4. The van der Waals surface area contributed by atoms with Crippen molar-refractivity contribution in [3.05, 3.63) is 178 Å². The van der Waals surface area contributed by atoms with Crippen LogP contribution in [0.4, 0.5) is 0 Å². The van der Waals surface area contributed by atoms with Gasteiger partial charge in [-0.2, -0.15) is 0 Å². The average Bonchev–Trinajstić information content (AvgIpc) is 3.27. The fourth-order valence-corrected chi connectivity index (χ4v) is 13.4. The Bertz CT molecular complexity index is 2260. The van der Waals surface area contributed by atoms with E-state index in [1.54, 1.807) is 0 Å². The number of rotatable bonds is 9. The lowest BCUT2D eigenvalue weighted by Crippen LogP contribution is -2.75. The Hall–Kier alpha value is -4.88. The minimum absolute atomic E-state index is 0.0991. The molecule has 6 heteroatoms. The van der Waals surface area contributed by atoms with E-state index in [0.717, 1.165) is 93.9 Å². The first kappa shape index (κ1) is 38.1. The zero-order valence-electron chi connectivity index (χ0n) is 34.6. The summed E-state index contributed by atoms with van der Waals surface area (Å²) in [7, 11) is 0. The van der Waals surface area contributed by atoms with Gasteiger partial charge >= 0.3 is 0 Å². The number of carbonyl (C=O) groups is 1.